The summed E-state index contributed by atoms with van der Waals surface area (Å²) in [6.07, 6.45) is 3.62. The van der Waals surface area contributed by atoms with Crippen molar-refractivity contribution in [2.75, 3.05) is 38.3 Å². The molecule has 0 amide bonds. The summed E-state index contributed by atoms with van der Waals surface area (Å²) in [5, 5.41) is 3.14. The first-order valence-electron chi connectivity index (χ1n) is 6.17. The smallest absolute Gasteiger partial charge is 0.211 e. The van der Waals surface area contributed by atoms with Crippen LogP contribution in [0.2, 0.25) is 0 Å². The van der Waals surface area contributed by atoms with Crippen LogP contribution in [0.15, 0.2) is 18.3 Å². The Hall–Kier alpha value is -1.34. The normalized spacial score (nSPS) is 11.6. The number of aromatic nitrogens is 1. The van der Waals surface area contributed by atoms with Gasteiger partial charge in [-0.2, -0.15) is 0 Å². The van der Waals surface area contributed by atoms with Gasteiger partial charge in [0.05, 0.1) is 13.4 Å². The average Bonchev–Trinajstić information content (AvgIpc) is 2.37. The molecule has 1 heterocycles. The molecular formula is C12H21N3O3S. The number of nitrogens with zero attached hydrogens (tertiary/aromatic N) is 2. The summed E-state index contributed by atoms with van der Waals surface area (Å²) in [7, 11) is -1.52. The van der Waals surface area contributed by atoms with Crippen LogP contribution in [0.5, 0.6) is 5.75 Å². The van der Waals surface area contributed by atoms with Gasteiger partial charge in [-0.15, -0.1) is 0 Å². The number of anilines is 1. The first kappa shape index (κ1) is 15.7. The maximum Gasteiger partial charge on any atom is 0.211 e. The molecule has 0 unspecified atom stereocenters. The molecule has 108 valence electrons. The lowest BCUT2D eigenvalue weighted by Gasteiger charge is -2.17. The molecule has 0 aliphatic heterocycles. The molecule has 1 aromatic rings. The second kappa shape index (κ2) is 7.30. The molecule has 0 aromatic carbocycles. The summed E-state index contributed by atoms with van der Waals surface area (Å²) in [5.74, 6) is 1.35. The number of hydrogen-bond acceptors (Lipinski definition) is 5. The van der Waals surface area contributed by atoms with Crippen LogP contribution >= 0.6 is 0 Å². The van der Waals surface area contributed by atoms with Crippen LogP contribution in [-0.2, 0) is 10.0 Å². The van der Waals surface area contributed by atoms with E-state index in [4.69, 9.17) is 4.74 Å². The highest BCUT2D eigenvalue weighted by atomic mass is 32.2. The molecule has 1 aromatic heterocycles. The minimum absolute atomic E-state index is 0.492. The Bertz CT molecular complexity index is 491. The standard InChI is InChI=1S/C12H21N3O3S/c1-4-15(19(3,16)17)10-6-9-14-12-11(18-2)7-5-8-13-12/h5,7-8H,4,6,9-10H2,1-3H3,(H,13,14). The van der Waals surface area contributed by atoms with E-state index < -0.39 is 10.0 Å². The predicted molar refractivity (Wildman–Crippen MR) is 76.0 cm³/mol. The van der Waals surface area contributed by atoms with Crippen LogP contribution in [0, 0.1) is 0 Å². The van der Waals surface area contributed by atoms with E-state index in [-0.39, 0.29) is 0 Å². The Labute approximate surface area is 114 Å². The van der Waals surface area contributed by atoms with Crippen LogP contribution in [0.25, 0.3) is 0 Å². The van der Waals surface area contributed by atoms with Crippen molar-refractivity contribution in [2.45, 2.75) is 13.3 Å². The van der Waals surface area contributed by atoms with E-state index in [1.165, 1.54) is 10.6 Å². The van der Waals surface area contributed by atoms with E-state index in [2.05, 4.69) is 10.3 Å². The topological polar surface area (TPSA) is 71.5 Å². The molecule has 7 heteroatoms. The predicted octanol–water partition coefficient (Wildman–Crippen LogP) is 1.17. The zero-order valence-corrected chi connectivity index (χ0v) is 12.4. The van der Waals surface area contributed by atoms with Crippen molar-refractivity contribution in [3.63, 3.8) is 0 Å². The van der Waals surface area contributed by atoms with E-state index >= 15 is 0 Å². The first-order chi connectivity index (χ1) is 8.99. The summed E-state index contributed by atoms with van der Waals surface area (Å²) in [4.78, 5) is 4.17. The minimum Gasteiger partial charge on any atom is -0.493 e. The average molecular weight is 287 g/mol. The number of sulfonamides is 1. The highest BCUT2D eigenvalue weighted by Crippen LogP contribution is 2.19. The van der Waals surface area contributed by atoms with Crippen molar-refractivity contribution in [1.82, 2.24) is 9.29 Å². The number of rotatable bonds is 8. The molecule has 0 aliphatic rings. The van der Waals surface area contributed by atoms with Gasteiger partial charge in [0, 0.05) is 25.8 Å². The second-order valence-electron chi connectivity index (χ2n) is 4.09. The summed E-state index contributed by atoms with van der Waals surface area (Å²) in [6, 6.07) is 3.62. The third-order valence-corrected chi connectivity index (χ3v) is 4.07. The fourth-order valence-electron chi connectivity index (χ4n) is 1.71. The molecule has 6 nitrogen and oxygen atoms in total. The number of hydrogen-bond donors (Lipinski definition) is 1. The van der Waals surface area contributed by atoms with Crippen LogP contribution in [0.1, 0.15) is 13.3 Å². The second-order valence-corrected chi connectivity index (χ2v) is 6.07. The molecular weight excluding hydrogens is 266 g/mol. The number of ether oxygens (including phenoxy) is 1. The summed E-state index contributed by atoms with van der Waals surface area (Å²) in [5.41, 5.74) is 0. The lowest BCUT2D eigenvalue weighted by Crippen LogP contribution is -2.31. The minimum atomic E-state index is -3.11. The third kappa shape index (κ3) is 5.04. The largest absolute Gasteiger partial charge is 0.493 e. The number of pyridine rings is 1. The van der Waals surface area contributed by atoms with Crippen LogP contribution in [-0.4, -0.2) is 50.7 Å². The molecule has 0 spiro atoms. The molecule has 1 N–H and O–H groups in total. The molecule has 0 bridgehead atoms. The van der Waals surface area contributed by atoms with Crippen LogP contribution in [0.3, 0.4) is 0 Å². The third-order valence-electron chi connectivity index (χ3n) is 2.69. The maximum atomic E-state index is 11.4. The van der Waals surface area contributed by atoms with Crippen molar-refractivity contribution in [3.8, 4) is 5.75 Å². The monoisotopic (exact) mass is 287 g/mol. The summed E-state index contributed by atoms with van der Waals surface area (Å²) < 4.78 is 29.4. The van der Waals surface area contributed by atoms with Gasteiger partial charge in [-0.1, -0.05) is 6.92 Å². The fourth-order valence-corrected chi connectivity index (χ4v) is 2.64. The van der Waals surface area contributed by atoms with Crippen LogP contribution in [0.4, 0.5) is 5.82 Å². The molecule has 0 radical (unpaired) electrons. The van der Waals surface area contributed by atoms with Gasteiger partial charge in [0.2, 0.25) is 10.0 Å². The van der Waals surface area contributed by atoms with Gasteiger partial charge in [-0.3, -0.25) is 0 Å². The van der Waals surface area contributed by atoms with Crippen molar-refractivity contribution < 1.29 is 13.2 Å². The van der Waals surface area contributed by atoms with Gasteiger partial charge >= 0.3 is 0 Å². The lowest BCUT2D eigenvalue weighted by atomic mass is 10.4. The van der Waals surface area contributed by atoms with E-state index in [0.717, 1.165) is 0 Å². The van der Waals surface area contributed by atoms with E-state index in [0.29, 0.717) is 37.6 Å². The molecule has 1 rings (SSSR count). The summed E-state index contributed by atoms with van der Waals surface area (Å²) >= 11 is 0. The Morgan fingerprint density at radius 3 is 2.79 bits per heavy atom. The molecule has 0 fully saturated rings. The van der Waals surface area contributed by atoms with Gasteiger partial charge in [-0.05, 0) is 18.6 Å². The lowest BCUT2D eigenvalue weighted by molar-refractivity contribution is 0.413. The summed E-state index contributed by atoms with van der Waals surface area (Å²) in [6.45, 7) is 3.46. The van der Waals surface area contributed by atoms with Gasteiger partial charge in [0.15, 0.2) is 11.6 Å². The van der Waals surface area contributed by atoms with Crippen molar-refractivity contribution >= 4 is 15.8 Å². The molecule has 0 saturated carbocycles. The molecule has 0 atom stereocenters. The fraction of sp³-hybridized carbons (Fsp3) is 0.583. The molecule has 19 heavy (non-hydrogen) atoms. The van der Waals surface area contributed by atoms with Gasteiger partial charge in [0.1, 0.15) is 0 Å². The van der Waals surface area contributed by atoms with Crippen molar-refractivity contribution in [3.05, 3.63) is 18.3 Å². The molecule has 0 aliphatic carbocycles. The Balaban J connectivity index is 2.42. The van der Waals surface area contributed by atoms with E-state index in [9.17, 15) is 8.42 Å². The van der Waals surface area contributed by atoms with Gasteiger partial charge in [0.25, 0.3) is 0 Å². The van der Waals surface area contributed by atoms with Crippen molar-refractivity contribution in [1.29, 1.82) is 0 Å². The number of methoxy groups -OCH3 is 1. The SMILES string of the molecule is CCN(CCCNc1ncccc1OC)S(C)(=O)=O. The van der Waals surface area contributed by atoms with E-state index in [1.54, 1.807) is 19.4 Å². The highest BCUT2D eigenvalue weighted by Gasteiger charge is 2.13. The van der Waals surface area contributed by atoms with E-state index in [1.807, 2.05) is 13.0 Å². The quantitative estimate of drug-likeness (QED) is 0.727. The highest BCUT2D eigenvalue weighted by molar-refractivity contribution is 7.88. The van der Waals surface area contributed by atoms with Crippen molar-refractivity contribution in [2.24, 2.45) is 0 Å². The molecule has 0 saturated heterocycles. The van der Waals surface area contributed by atoms with Gasteiger partial charge < -0.3 is 10.1 Å². The van der Waals surface area contributed by atoms with Gasteiger partial charge in [-0.25, -0.2) is 17.7 Å². The van der Waals surface area contributed by atoms with Crippen LogP contribution < -0.4 is 10.1 Å². The Morgan fingerprint density at radius 1 is 1.47 bits per heavy atom. The zero-order valence-electron chi connectivity index (χ0n) is 11.6. The number of nitrogens with one attached hydrogen (secondary N) is 1. The maximum absolute atomic E-state index is 11.4. The Morgan fingerprint density at radius 2 is 2.21 bits per heavy atom. The Kier molecular flexibility index (Phi) is 6.04. The zero-order chi connectivity index (χ0) is 14.3. The first-order valence-corrected chi connectivity index (χ1v) is 8.02.